The Morgan fingerprint density at radius 1 is 1.33 bits per heavy atom. The molecule has 3 heteroatoms. The molecule has 18 heavy (non-hydrogen) atoms. The van der Waals surface area contributed by atoms with Crippen LogP contribution in [0.4, 0.5) is 0 Å². The van der Waals surface area contributed by atoms with Crippen molar-refractivity contribution in [2.45, 2.75) is 75.9 Å². The second kappa shape index (κ2) is 5.68. The molecule has 0 aliphatic heterocycles. The molecule has 0 bridgehead atoms. The number of esters is 1. The van der Waals surface area contributed by atoms with Crippen molar-refractivity contribution in [1.82, 2.24) is 0 Å². The standard InChI is InChI=1S/C15H26O2S/c1-11(2)13(16)17-15(6)9-7-12(8-10-15)18-14(3,4)5/h12H,1,7-10H2,2-6H3. The molecule has 2 nitrogen and oxygen atoms in total. The van der Waals surface area contributed by atoms with Gasteiger partial charge < -0.3 is 4.74 Å². The van der Waals surface area contributed by atoms with Crippen LogP contribution in [0.25, 0.3) is 0 Å². The molecular formula is C15H26O2S. The van der Waals surface area contributed by atoms with E-state index in [1.807, 2.05) is 18.7 Å². The molecule has 1 aliphatic carbocycles. The quantitative estimate of drug-likeness (QED) is 0.564. The van der Waals surface area contributed by atoms with Gasteiger partial charge in [-0.2, -0.15) is 11.8 Å². The molecule has 0 atom stereocenters. The van der Waals surface area contributed by atoms with Crippen molar-refractivity contribution >= 4 is 17.7 Å². The maximum Gasteiger partial charge on any atom is 0.333 e. The summed E-state index contributed by atoms with van der Waals surface area (Å²) >= 11 is 2.05. The lowest BCUT2D eigenvalue weighted by molar-refractivity contribution is -0.155. The second-order valence-electron chi connectivity index (χ2n) is 6.55. The summed E-state index contributed by atoms with van der Waals surface area (Å²) in [5.41, 5.74) is 0.202. The number of rotatable bonds is 3. The Bertz CT molecular complexity index is 320. The van der Waals surface area contributed by atoms with Crippen molar-refractivity contribution in [2.75, 3.05) is 0 Å². The lowest BCUT2D eigenvalue weighted by atomic mass is 9.86. The van der Waals surface area contributed by atoms with Crippen molar-refractivity contribution in [3.05, 3.63) is 12.2 Å². The fourth-order valence-electron chi connectivity index (χ4n) is 2.23. The molecule has 104 valence electrons. The van der Waals surface area contributed by atoms with E-state index < -0.39 is 0 Å². The van der Waals surface area contributed by atoms with E-state index in [-0.39, 0.29) is 11.6 Å². The van der Waals surface area contributed by atoms with E-state index in [1.54, 1.807) is 6.92 Å². The van der Waals surface area contributed by atoms with Crippen LogP contribution in [0.5, 0.6) is 0 Å². The molecule has 0 aromatic carbocycles. The number of hydrogen-bond acceptors (Lipinski definition) is 3. The Balaban J connectivity index is 2.47. The molecule has 0 aromatic heterocycles. The minimum absolute atomic E-state index is 0.251. The SMILES string of the molecule is C=C(C)C(=O)OC1(C)CCC(SC(C)(C)C)CC1. The van der Waals surface area contributed by atoms with Crippen LogP contribution in [0, 0.1) is 0 Å². The largest absolute Gasteiger partial charge is 0.456 e. The summed E-state index contributed by atoms with van der Waals surface area (Å²) in [5, 5.41) is 0.696. The van der Waals surface area contributed by atoms with Gasteiger partial charge in [0.05, 0.1) is 0 Å². The molecule has 0 saturated heterocycles. The Morgan fingerprint density at radius 3 is 2.22 bits per heavy atom. The third-order valence-electron chi connectivity index (χ3n) is 3.20. The Kier molecular flexibility index (Phi) is 4.93. The van der Waals surface area contributed by atoms with Crippen LogP contribution in [0.3, 0.4) is 0 Å². The molecule has 0 radical (unpaired) electrons. The monoisotopic (exact) mass is 270 g/mol. The van der Waals surface area contributed by atoms with Crippen LogP contribution in [-0.2, 0) is 9.53 Å². The molecule has 0 unspecified atom stereocenters. The minimum atomic E-state index is -0.287. The first-order valence-electron chi connectivity index (χ1n) is 6.68. The number of ether oxygens (including phenoxy) is 1. The Morgan fingerprint density at radius 2 is 1.83 bits per heavy atom. The summed E-state index contributed by atoms with van der Waals surface area (Å²) < 4.78 is 5.88. The highest BCUT2D eigenvalue weighted by Gasteiger charge is 2.35. The molecule has 1 saturated carbocycles. The molecule has 0 heterocycles. The summed E-state index contributed by atoms with van der Waals surface area (Å²) in [7, 11) is 0. The van der Waals surface area contributed by atoms with Gasteiger partial charge in [0.15, 0.2) is 0 Å². The van der Waals surface area contributed by atoms with E-state index in [1.165, 1.54) is 0 Å². The Hall–Kier alpha value is -0.440. The number of hydrogen-bond donors (Lipinski definition) is 0. The average Bonchev–Trinajstić information content (AvgIpc) is 2.19. The van der Waals surface area contributed by atoms with Crippen LogP contribution in [0.1, 0.15) is 60.3 Å². The Labute approximate surface area is 116 Å². The van der Waals surface area contributed by atoms with Crippen LogP contribution in [0.2, 0.25) is 0 Å². The molecule has 0 spiro atoms. The highest BCUT2D eigenvalue weighted by molar-refractivity contribution is 8.01. The maximum absolute atomic E-state index is 11.6. The predicted molar refractivity (Wildman–Crippen MR) is 78.9 cm³/mol. The molecule has 1 aliphatic rings. The molecule has 0 aromatic rings. The van der Waals surface area contributed by atoms with Gasteiger partial charge in [0.1, 0.15) is 5.60 Å². The first-order chi connectivity index (χ1) is 8.11. The first-order valence-corrected chi connectivity index (χ1v) is 7.56. The van der Waals surface area contributed by atoms with E-state index in [2.05, 4.69) is 27.4 Å². The van der Waals surface area contributed by atoms with E-state index in [0.717, 1.165) is 25.7 Å². The van der Waals surface area contributed by atoms with Gasteiger partial charge in [-0.25, -0.2) is 4.79 Å². The van der Waals surface area contributed by atoms with E-state index in [0.29, 0.717) is 15.6 Å². The average molecular weight is 270 g/mol. The number of thioether (sulfide) groups is 1. The fourth-order valence-corrected chi connectivity index (χ4v) is 3.70. The zero-order valence-electron chi connectivity index (χ0n) is 12.3. The van der Waals surface area contributed by atoms with Gasteiger partial charge in [-0.15, -0.1) is 0 Å². The van der Waals surface area contributed by atoms with Crippen LogP contribution >= 0.6 is 11.8 Å². The topological polar surface area (TPSA) is 26.3 Å². The zero-order valence-corrected chi connectivity index (χ0v) is 13.2. The molecule has 0 amide bonds. The second-order valence-corrected chi connectivity index (χ2v) is 8.68. The van der Waals surface area contributed by atoms with Crippen LogP contribution < -0.4 is 0 Å². The maximum atomic E-state index is 11.6. The zero-order chi connectivity index (χ0) is 14.0. The number of carbonyl (C=O) groups is 1. The van der Waals surface area contributed by atoms with Crippen LogP contribution in [-0.4, -0.2) is 21.6 Å². The highest BCUT2D eigenvalue weighted by Crippen LogP contribution is 2.41. The summed E-state index contributed by atoms with van der Waals surface area (Å²) in [6.07, 6.45) is 4.17. The van der Waals surface area contributed by atoms with Gasteiger partial charge in [0, 0.05) is 15.6 Å². The first kappa shape index (κ1) is 15.6. The van der Waals surface area contributed by atoms with Gasteiger partial charge in [-0.05, 0) is 39.5 Å². The minimum Gasteiger partial charge on any atom is -0.456 e. The van der Waals surface area contributed by atoms with Crippen molar-refractivity contribution in [1.29, 1.82) is 0 Å². The normalized spacial score (nSPS) is 28.8. The molecular weight excluding hydrogens is 244 g/mol. The lowest BCUT2D eigenvalue weighted by Gasteiger charge is -2.38. The number of carbonyl (C=O) groups excluding carboxylic acids is 1. The summed E-state index contributed by atoms with van der Waals surface area (Å²) in [4.78, 5) is 11.6. The van der Waals surface area contributed by atoms with Crippen molar-refractivity contribution in [3.8, 4) is 0 Å². The van der Waals surface area contributed by atoms with Gasteiger partial charge >= 0.3 is 5.97 Å². The van der Waals surface area contributed by atoms with Gasteiger partial charge in [-0.1, -0.05) is 27.4 Å². The van der Waals surface area contributed by atoms with Gasteiger partial charge in [0.25, 0.3) is 0 Å². The van der Waals surface area contributed by atoms with Crippen LogP contribution in [0.15, 0.2) is 12.2 Å². The van der Waals surface area contributed by atoms with Gasteiger partial charge in [0.2, 0.25) is 0 Å². The van der Waals surface area contributed by atoms with E-state index in [4.69, 9.17) is 4.74 Å². The van der Waals surface area contributed by atoms with Crippen molar-refractivity contribution in [3.63, 3.8) is 0 Å². The fraction of sp³-hybridized carbons (Fsp3) is 0.800. The molecule has 1 fully saturated rings. The predicted octanol–water partition coefficient (Wildman–Crippen LogP) is 4.34. The van der Waals surface area contributed by atoms with Gasteiger partial charge in [-0.3, -0.25) is 0 Å². The third-order valence-corrected chi connectivity index (χ3v) is 4.71. The smallest absolute Gasteiger partial charge is 0.333 e. The van der Waals surface area contributed by atoms with E-state index >= 15 is 0 Å². The molecule has 0 N–H and O–H groups in total. The third kappa shape index (κ3) is 5.05. The summed E-state index contributed by atoms with van der Waals surface area (Å²) in [5.74, 6) is -0.251. The van der Waals surface area contributed by atoms with Crippen molar-refractivity contribution < 1.29 is 9.53 Å². The summed E-state index contributed by atoms with van der Waals surface area (Å²) in [6.45, 7) is 14.2. The molecule has 1 rings (SSSR count). The van der Waals surface area contributed by atoms with Crippen molar-refractivity contribution in [2.24, 2.45) is 0 Å². The van der Waals surface area contributed by atoms with E-state index in [9.17, 15) is 4.79 Å². The summed E-state index contributed by atoms with van der Waals surface area (Å²) in [6, 6.07) is 0. The highest BCUT2D eigenvalue weighted by atomic mass is 32.2. The lowest BCUT2D eigenvalue weighted by Crippen LogP contribution is -2.37.